The normalized spacial score (nSPS) is 13.1. The number of aromatic nitrogens is 1. The van der Waals surface area contributed by atoms with Gasteiger partial charge in [0.15, 0.2) is 0 Å². The van der Waals surface area contributed by atoms with E-state index >= 15 is 0 Å². The standard InChI is InChI=1S/C16H19N3OS.2ClH/c1-11-10-21-15(19-11)9-18-16(20)14-3-2-12-4-6-17-7-5-13(12)8-14;;/h2-3,8,10,17H,4-7,9H2,1H3,(H,18,20);2*1H. The van der Waals surface area contributed by atoms with Gasteiger partial charge >= 0.3 is 0 Å². The fourth-order valence-electron chi connectivity index (χ4n) is 2.56. The number of rotatable bonds is 3. The predicted octanol–water partition coefficient (Wildman–Crippen LogP) is 2.91. The van der Waals surface area contributed by atoms with Crippen LogP contribution in [0.5, 0.6) is 0 Å². The molecule has 4 nitrogen and oxygen atoms in total. The van der Waals surface area contributed by atoms with Crippen LogP contribution in [-0.2, 0) is 19.4 Å². The summed E-state index contributed by atoms with van der Waals surface area (Å²) in [5, 5.41) is 9.27. The van der Waals surface area contributed by atoms with E-state index in [2.05, 4.69) is 21.7 Å². The molecule has 0 spiro atoms. The summed E-state index contributed by atoms with van der Waals surface area (Å²) in [7, 11) is 0. The van der Waals surface area contributed by atoms with E-state index in [4.69, 9.17) is 0 Å². The number of thiazole rings is 1. The summed E-state index contributed by atoms with van der Waals surface area (Å²) >= 11 is 1.58. The van der Waals surface area contributed by atoms with Gasteiger partial charge in [0.2, 0.25) is 0 Å². The number of carbonyl (C=O) groups is 1. The molecule has 0 aliphatic carbocycles. The Labute approximate surface area is 152 Å². The Morgan fingerprint density at radius 3 is 2.70 bits per heavy atom. The van der Waals surface area contributed by atoms with Crippen LogP contribution in [0.2, 0.25) is 0 Å². The van der Waals surface area contributed by atoms with Crippen molar-refractivity contribution in [2.24, 2.45) is 0 Å². The van der Waals surface area contributed by atoms with E-state index < -0.39 is 0 Å². The zero-order valence-electron chi connectivity index (χ0n) is 12.9. The Morgan fingerprint density at radius 2 is 2.00 bits per heavy atom. The van der Waals surface area contributed by atoms with E-state index in [9.17, 15) is 4.79 Å². The number of benzene rings is 1. The van der Waals surface area contributed by atoms with Gasteiger partial charge in [-0.25, -0.2) is 4.98 Å². The molecule has 0 fully saturated rings. The third kappa shape index (κ3) is 5.18. The van der Waals surface area contributed by atoms with Crippen LogP contribution in [-0.4, -0.2) is 24.0 Å². The molecule has 0 unspecified atom stereocenters. The lowest BCUT2D eigenvalue weighted by Gasteiger charge is -2.08. The van der Waals surface area contributed by atoms with Crippen molar-refractivity contribution in [3.63, 3.8) is 0 Å². The van der Waals surface area contributed by atoms with Gasteiger partial charge in [0.05, 0.1) is 6.54 Å². The molecule has 1 aromatic heterocycles. The second kappa shape index (κ2) is 9.23. The van der Waals surface area contributed by atoms with Gasteiger partial charge in [-0.1, -0.05) is 6.07 Å². The van der Waals surface area contributed by atoms with Crippen LogP contribution in [0.1, 0.15) is 32.2 Å². The molecular formula is C16H21Cl2N3OS. The molecule has 0 bridgehead atoms. The van der Waals surface area contributed by atoms with E-state index in [1.54, 1.807) is 11.3 Å². The zero-order chi connectivity index (χ0) is 14.7. The number of halogens is 2. The predicted molar refractivity (Wildman–Crippen MR) is 99.2 cm³/mol. The summed E-state index contributed by atoms with van der Waals surface area (Å²) in [5.41, 5.74) is 4.38. The Balaban J connectivity index is 0.00000132. The number of nitrogens with one attached hydrogen (secondary N) is 2. The van der Waals surface area contributed by atoms with E-state index in [0.717, 1.165) is 42.2 Å². The fourth-order valence-corrected chi connectivity index (χ4v) is 3.27. The minimum absolute atomic E-state index is 0. The highest BCUT2D eigenvalue weighted by molar-refractivity contribution is 7.09. The van der Waals surface area contributed by atoms with Crippen LogP contribution >= 0.6 is 36.2 Å². The third-order valence-corrected chi connectivity index (χ3v) is 4.64. The lowest BCUT2D eigenvalue weighted by Crippen LogP contribution is -2.23. The zero-order valence-corrected chi connectivity index (χ0v) is 15.4. The van der Waals surface area contributed by atoms with Gasteiger partial charge in [-0.2, -0.15) is 0 Å². The van der Waals surface area contributed by atoms with Crippen molar-refractivity contribution in [1.29, 1.82) is 0 Å². The quantitative estimate of drug-likeness (QED) is 0.869. The van der Waals surface area contributed by atoms with Crippen molar-refractivity contribution in [1.82, 2.24) is 15.6 Å². The largest absolute Gasteiger partial charge is 0.346 e. The van der Waals surface area contributed by atoms with Gasteiger partial charge < -0.3 is 10.6 Å². The molecule has 0 atom stereocenters. The number of hydrogen-bond acceptors (Lipinski definition) is 4. The van der Waals surface area contributed by atoms with Gasteiger partial charge in [-0.15, -0.1) is 36.2 Å². The topological polar surface area (TPSA) is 54.0 Å². The molecule has 1 aromatic carbocycles. The molecule has 2 aromatic rings. The van der Waals surface area contributed by atoms with Crippen molar-refractivity contribution in [2.75, 3.05) is 13.1 Å². The van der Waals surface area contributed by atoms with Gasteiger partial charge in [-0.3, -0.25) is 4.79 Å². The number of nitrogens with zero attached hydrogens (tertiary/aromatic N) is 1. The summed E-state index contributed by atoms with van der Waals surface area (Å²) in [5.74, 6) is -0.0251. The van der Waals surface area contributed by atoms with Crippen LogP contribution in [0.25, 0.3) is 0 Å². The number of fused-ring (bicyclic) bond motifs is 1. The summed E-state index contributed by atoms with van der Waals surface area (Å²) in [6.45, 7) is 4.46. The van der Waals surface area contributed by atoms with Crippen molar-refractivity contribution < 1.29 is 4.79 Å². The van der Waals surface area contributed by atoms with Crippen molar-refractivity contribution in [3.8, 4) is 0 Å². The van der Waals surface area contributed by atoms with Gasteiger partial charge in [0.25, 0.3) is 5.91 Å². The van der Waals surface area contributed by atoms with Gasteiger partial charge in [0, 0.05) is 16.6 Å². The maximum atomic E-state index is 12.2. The number of aryl methyl sites for hydroxylation is 1. The molecular weight excluding hydrogens is 353 g/mol. The maximum Gasteiger partial charge on any atom is 0.251 e. The van der Waals surface area contributed by atoms with Gasteiger partial charge in [-0.05, 0) is 56.1 Å². The highest BCUT2D eigenvalue weighted by atomic mass is 35.5. The molecule has 3 rings (SSSR count). The second-order valence-corrected chi connectivity index (χ2v) is 6.24. The summed E-state index contributed by atoms with van der Waals surface area (Å²) in [6, 6.07) is 6.04. The van der Waals surface area contributed by atoms with E-state index in [-0.39, 0.29) is 30.7 Å². The van der Waals surface area contributed by atoms with Crippen LogP contribution in [0.4, 0.5) is 0 Å². The lowest BCUT2D eigenvalue weighted by molar-refractivity contribution is 0.0950. The van der Waals surface area contributed by atoms with Gasteiger partial charge in [0.1, 0.15) is 5.01 Å². The Kier molecular flexibility index (Phi) is 7.99. The molecule has 23 heavy (non-hydrogen) atoms. The first-order valence-corrected chi connectivity index (χ1v) is 8.12. The van der Waals surface area contributed by atoms with Crippen LogP contribution in [0.15, 0.2) is 23.6 Å². The van der Waals surface area contributed by atoms with E-state index in [0.29, 0.717) is 6.54 Å². The first-order valence-electron chi connectivity index (χ1n) is 7.24. The Hall–Kier alpha value is -1.14. The molecule has 0 radical (unpaired) electrons. The highest BCUT2D eigenvalue weighted by Gasteiger charge is 2.12. The molecule has 0 saturated heterocycles. The van der Waals surface area contributed by atoms with Crippen LogP contribution in [0, 0.1) is 6.92 Å². The van der Waals surface area contributed by atoms with Crippen molar-refractivity contribution >= 4 is 42.1 Å². The summed E-state index contributed by atoms with van der Waals surface area (Å²) < 4.78 is 0. The van der Waals surface area contributed by atoms with Crippen LogP contribution in [0.3, 0.4) is 0 Å². The summed E-state index contributed by atoms with van der Waals surface area (Å²) in [6.07, 6.45) is 2.03. The summed E-state index contributed by atoms with van der Waals surface area (Å²) in [4.78, 5) is 16.6. The van der Waals surface area contributed by atoms with Crippen molar-refractivity contribution in [3.05, 3.63) is 51.0 Å². The average Bonchev–Trinajstić information content (AvgIpc) is 2.77. The molecule has 0 saturated carbocycles. The van der Waals surface area contributed by atoms with E-state index in [1.165, 1.54) is 11.1 Å². The molecule has 2 N–H and O–H groups in total. The molecule has 2 heterocycles. The molecule has 126 valence electrons. The minimum Gasteiger partial charge on any atom is -0.346 e. The molecule has 7 heteroatoms. The Bertz CT molecular complexity index is 661. The van der Waals surface area contributed by atoms with Crippen LogP contribution < -0.4 is 10.6 Å². The first kappa shape index (κ1) is 19.9. The average molecular weight is 374 g/mol. The minimum atomic E-state index is -0.0251. The highest BCUT2D eigenvalue weighted by Crippen LogP contribution is 2.16. The Morgan fingerprint density at radius 1 is 1.26 bits per heavy atom. The molecule has 1 amide bonds. The number of amides is 1. The maximum absolute atomic E-state index is 12.2. The molecule has 1 aliphatic heterocycles. The third-order valence-electron chi connectivity index (χ3n) is 3.68. The van der Waals surface area contributed by atoms with Crippen molar-refractivity contribution in [2.45, 2.75) is 26.3 Å². The molecule has 1 aliphatic rings. The number of hydrogen-bond donors (Lipinski definition) is 2. The monoisotopic (exact) mass is 373 g/mol. The van der Waals surface area contributed by atoms with E-state index in [1.807, 2.05) is 24.4 Å². The SMILES string of the molecule is Cc1csc(CNC(=O)c2ccc3c(c2)CCNCC3)n1.Cl.Cl. The second-order valence-electron chi connectivity index (χ2n) is 5.30. The smallest absolute Gasteiger partial charge is 0.251 e. The first-order chi connectivity index (χ1) is 10.2. The fraction of sp³-hybridized carbons (Fsp3) is 0.375. The lowest BCUT2D eigenvalue weighted by atomic mass is 10.00. The number of carbonyl (C=O) groups excluding carboxylic acids is 1.